The molecule has 3 rings (SSSR count). The molecule has 2 bridgehead atoms. The van der Waals surface area contributed by atoms with Gasteiger partial charge in [0.1, 0.15) is 0 Å². The zero-order valence-corrected chi connectivity index (χ0v) is 13.0. The van der Waals surface area contributed by atoms with Crippen LogP contribution in [-0.2, 0) is 4.79 Å². The van der Waals surface area contributed by atoms with Crippen molar-refractivity contribution in [3.63, 3.8) is 0 Å². The van der Waals surface area contributed by atoms with Crippen LogP contribution in [0.15, 0.2) is 12.1 Å². The highest BCUT2D eigenvalue weighted by Gasteiger charge is 2.43. The molecule has 0 saturated carbocycles. The number of hydrogen-bond donors (Lipinski definition) is 1. The van der Waals surface area contributed by atoms with E-state index >= 15 is 0 Å². The lowest BCUT2D eigenvalue weighted by atomic mass is 9.87. The molecule has 1 N–H and O–H groups in total. The van der Waals surface area contributed by atoms with Crippen LogP contribution in [0.3, 0.4) is 0 Å². The van der Waals surface area contributed by atoms with Crippen molar-refractivity contribution in [2.24, 2.45) is 5.92 Å². The Labute approximate surface area is 124 Å². The third kappa shape index (κ3) is 2.63. The second kappa shape index (κ2) is 5.49. The summed E-state index contributed by atoms with van der Waals surface area (Å²) in [4.78, 5) is 16.4. The minimum absolute atomic E-state index is 0.354. The fourth-order valence-electron chi connectivity index (χ4n) is 4.20. The van der Waals surface area contributed by atoms with Crippen LogP contribution in [0.25, 0.3) is 0 Å². The minimum atomic E-state index is -0.634. The summed E-state index contributed by atoms with van der Waals surface area (Å²) < 4.78 is 0. The van der Waals surface area contributed by atoms with E-state index in [1.165, 1.54) is 22.6 Å². The summed E-state index contributed by atoms with van der Waals surface area (Å²) in [7, 11) is 0. The number of carboxylic acids is 1. The Balaban J connectivity index is 1.72. The van der Waals surface area contributed by atoms with Crippen molar-refractivity contribution in [3.8, 4) is 0 Å². The van der Waals surface area contributed by atoms with E-state index in [0.717, 1.165) is 12.8 Å². The predicted octanol–water partition coefficient (Wildman–Crippen LogP) is 3.84. The van der Waals surface area contributed by atoms with Crippen molar-refractivity contribution >= 4 is 17.3 Å². The average molecular weight is 293 g/mol. The van der Waals surface area contributed by atoms with Crippen molar-refractivity contribution in [2.45, 2.75) is 64.1 Å². The van der Waals surface area contributed by atoms with Crippen LogP contribution >= 0.6 is 11.3 Å². The van der Waals surface area contributed by atoms with Gasteiger partial charge in [-0.2, -0.15) is 0 Å². The molecular formula is C16H23NO2S. The molecule has 2 aliphatic heterocycles. The van der Waals surface area contributed by atoms with E-state index in [-0.39, 0.29) is 0 Å². The molecule has 0 amide bonds. The number of rotatable bonds is 4. The number of thiophene rings is 1. The molecule has 0 radical (unpaired) electrons. The Morgan fingerprint density at radius 3 is 2.55 bits per heavy atom. The molecule has 0 aromatic carbocycles. The zero-order valence-electron chi connectivity index (χ0n) is 12.2. The fourth-order valence-corrected chi connectivity index (χ4v) is 5.13. The van der Waals surface area contributed by atoms with Gasteiger partial charge >= 0.3 is 5.97 Å². The maximum atomic E-state index is 10.9. The van der Waals surface area contributed by atoms with Crippen LogP contribution in [0.5, 0.6) is 0 Å². The minimum Gasteiger partial charge on any atom is -0.481 e. The van der Waals surface area contributed by atoms with Crippen molar-refractivity contribution in [3.05, 3.63) is 21.9 Å². The maximum Gasteiger partial charge on any atom is 0.303 e. The van der Waals surface area contributed by atoms with E-state index in [9.17, 15) is 4.79 Å². The maximum absolute atomic E-state index is 10.9. The van der Waals surface area contributed by atoms with E-state index in [1.807, 2.05) is 11.3 Å². The molecule has 110 valence electrons. The Bertz CT molecular complexity index is 484. The Hall–Kier alpha value is -0.870. The lowest BCUT2D eigenvalue weighted by Gasteiger charge is -2.42. The summed E-state index contributed by atoms with van der Waals surface area (Å²) in [5, 5.41) is 9.00. The van der Waals surface area contributed by atoms with Crippen LogP contribution < -0.4 is 0 Å². The summed E-state index contributed by atoms with van der Waals surface area (Å²) in [5.74, 6) is -0.247. The van der Waals surface area contributed by atoms with Gasteiger partial charge in [-0.05, 0) is 57.6 Å². The molecule has 2 saturated heterocycles. The number of nitrogens with zero attached hydrogens (tertiary/aromatic N) is 1. The largest absolute Gasteiger partial charge is 0.481 e. The third-order valence-corrected chi connectivity index (χ3v) is 6.14. The quantitative estimate of drug-likeness (QED) is 0.917. The molecule has 0 spiro atoms. The summed E-state index contributed by atoms with van der Waals surface area (Å²) in [6, 6.07) is 6.13. The van der Waals surface area contributed by atoms with Gasteiger partial charge in [-0.25, -0.2) is 0 Å². The van der Waals surface area contributed by atoms with Gasteiger partial charge in [0.2, 0.25) is 0 Å². The summed E-state index contributed by atoms with van der Waals surface area (Å²) in [6.45, 7) is 4.47. The van der Waals surface area contributed by atoms with Crippen molar-refractivity contribution < 1.29 is 9.90 Å². The highest BCUT2D eigenvalue weighted by atomic mass is 32.1. The molecule has 1 aromatic heterocycles. The first-order chi connectivity index (χ1) is 9.54. The number of aliphatic carboxylic acids is 1. The van der Waals surface area contributed by atoms with Gasteiger partial charge in [-0.1, -0.05) is 0 Å². The number of carbonyl (C=O) groups is 1. The van der Waals surface area contributed by atoms with Crippen LogP contribution in [0.1, 0.15) is 54.8 Å². The van der Waals surface area contributed by atoms with Gasteiger partial charge in [-0.3, -0.25) is 9.69 Å². The lowest BCUT2D eigenvalue weighted by Crippen LogP contribution is -2.44. The molecular weight excluding hydrogens is 270 g/mol. The molecule has 4 heteroatoms. The van der Waals surface area contributed by atoms with Crippen LogP contribution in [0.2, 0.25) is 0 Å². The second-order valence-corrected chi connectivity index (χ2v) is 7.71. The number of aryl methyl sites for hydroxylation is 1. The van der Waals surface area contributed by atoms with Crippen LogP contribution in [-0.4, -0.2) is 28.1 Å². The molecule has 0 aliphatic carbocycles. The highest BCUT2D eigenvalue weighted by Crippen LogP contribution is 2.45. The summed E-state index contributed by atoms with van der Waals surface area (Å²) in [6.07, 6.45) is 4.98. The first kappa shape index (κ1) is 14.1. The predicted molar refractivity (Wildman–Crippen MR) is 81.1 cm³/mol. The molecule has 2 aliphatic rings. The SMILES string of the molecule is Cc1ccc(C(C)N2C3CCC2CC(CC(=O)O)C3)s1. The Morgan fingerprint density at radius 1 is 1.40 bits per heavy atom. The third-order valence-electron chi connectivity index (χ3n) is 4.97. The monoisotopic (exact) mass is 293 g/mol. The highest BCUT2D eigenvalue weighted by molar-refractivity contribution is 7.12. The lowest BCUT2D eigenvalue weighted by molar-refractivity contribution is -0.138. The molecule has 3 atom stereocenters. The van der Waals surface area contributed by atoms with Gasteiger partial charge < -0.3 is 5.11 Å². The van der Waals surface area contributed by atoms with Crippen LogP contribution in [0, 0.1) is 12.8 Å². The van der Waals surface area contributed by atoms with Gasteiger partial charge in [0, 0.05) is 34.3 Å². The van der Waals surface area contributed by atoms with Gasteiger partial charge in [0.05, 0.1) is 0 Å². The van der Waals surface area contributed by atoms with Crippen molar-refractivity contribution in [1.29, 1.82) is 0 Å². The first-order valence-corrected chi connectivity index (χ1v) is 8.42. The molecule has 2 fully saturated rings. The smallest absolute Gasteiger partial charge is 0.303 e. The number of piperidine rings is 1. The van der Waals surface area contributed by atoms with Crippen LogP contribution in [0.4, 0.5) is 0 Å². The van der Waals surface area contributed by atoms with E-state index in [0.29, 0.717) is 30.5 Å². The van der Waals surface area contributed by atoms with Gasteiger partial charge in [0.15, 0.2) is 0 Å². The number of fused-ring (bicyclic) bond motifs is 2. The summed E-state index contributed by atoms with van der Waals surface area (Å²) in [5.41, 5.74) is 0. The standard InChI is InChI=1S/C16H23NO2S/c1-10-3-6-15(20-10)11(2)17-13-4-5-14(17)8-12(7-13)9-16(18)19/h3,6,11-14H,4-5,7-9H2,1-2H3,(H,18,19). The van der Waals surface area contributed by atoms with Crippen molar-refractivity contribution in [2.75, 3.05) is 0 Å². The summed E-state index contributed by atoms with van der Waals surface area (Å²) >= 11 is 1.90. The van der Waals surface area contributed by atoms with Crippen molar-refractivity contribution in [1.82, 2.24) is 4.90 Å². The molecule has 3 heterocycles. The number of hydrogen-bond acceptors (Lipinski definition) is 3. The normalized spacial score (nSPS) is 31.4. The topological polar surface area (TPSA) is 40.5 Å². The zero-order chi connectivity index (χ0) is 14.3. The first-order valence-electron chi connectivity index (χ1n) is 7.60. The fraction of sp³-hybridized carbons (Fsp3) is 0.688. The number of carboxylic acid groups (broad SMARTS) is 1. The molecule has 20 heavy (non-hydrogen) atoms. The van der Waals surface area contributed by atoms with E-state index in [1.54, 1.807) is 0 Å². The van der Waals surface area contributed by atoms with E-state index < -0.39 is 5.97 Å². The second-order valence-electron chi connectivity index (χ2n) is 6.39. The molecule has 3 nitrogen and oxygen atoms in total. The van der Waals surface area contributed by atoms with Gasteiger partial charge in [-0.15, -0.1) is 11.3 Å². The average Bonchev–Trinajstić information content (AvgIpc) is 2.91. The van der Waals surface area contributed by atoms with E-state index in [2.05, 4.69) is 30.9 Å². The Morgan fingerprint density at radius 2 is 2.05 bits per heavy atom. The van der Waals surface area contributed by atoms with Gasteiger partial charge in [0.25, 0.3) is 0 Å². The Kier molecular flexibility index (Phi) is 3.87. The molecule has 3 unspecified atom stereocenters. The molecule has 1 aromatic rings. The van der Waals surface area contributed by atoms with E-state index in [4.69, 9.17) is 5.11 Å².